The van der Waals surface area contributed by atoms with Gasteiger partial charge in [0.05, 0.1) is 0 Å². The van der Waals surface area contributed by atoms with Gasteiger partial charge >= 0.3 is 0 Å². The van der Waals surface area contributed by atoms with Crippen molar-refractivity contribution in [2.24, 2.45) is 5.41 Å². The number of hydrogen-bond acceptors (Lipinski definition) is 4. The summed E-state index contributed by atoms with van der Waals surface area (Å²) >= 11 is 0. The quantitative estimate of drug-likeness (QED) is 0.600. The zero-order valence-electron chi connectivity index (χ0n) is 11.6. The number of hydrogen-bond donors (Lipinski definition) is 2. The minimum absolute atomic E-state index is 0.305. The van der Waals surface area contributed by atoms with E-state index >= 15 is 0 Å². The molecule has 0 amide bonds. The maximum Gasteiger partial charge on any atom is 0.231 e. The van der Waals surface area contributed by atoms with E-state index in [1.54, 1.807) is 0 Å². The van der Waals surface area contributed by atoms with Crippen molar-refractivity contribution in [1.29, 1.82) is 10.8 Å². The number of nitrogens with one attached hydrogen (secondary N) is 2. The van der Waals surface area contributed by atoms with Gasteiger partial charge < -0.3 is 0 Å². The second kappa shape index (κ2) is 9.40. The Morgan fingerprint density at radius 3 is 2.00 bits per heavy atom. The van der Waals surface area contributed by atoms with Gasteiger partial charge in [0.15, 0.2) is 0 Å². The minimum Gasteiger partial charge on any atom is -0.222 e. The van der Waals surface area contributed by atoms with Crippen molar-refractivity contribution < 1.29 is 9.59 Å². The lowest BCUT2D eigenvalue weighted by molar-refractivity contribution is 0.492. The third kappa shape index (κ3) is 7.02. The molecule has 0 heterocycles. The van der Waals surface area contributed by atoms with E-state index in [9.17, 15) is 0 Å². The average molecular weight is 270 g/mol. The molecule has 0 spiro atoms. The van der Waals surface area contributed by atoms with E-state index < -0.39 is 0 Å². The maximum absolute atomic E-state index is 8.35. The van der Waals surface area contributed by atoms with Crippen LogP contribution in [0, 0.1) is 16.2 Å². The highest BCUT2D eigenvalue weighted by Crippen LogP contribution is 2.35. The molecule has 1 aromatic carbocycles. The SMILES string of the molecule is CC1(C)C=CC=C(c2ccccc2)C1.N=C=O.N=C=O. The van der Waals surface area contributed by atoms with E-state index in [0.29, 0.717) is 5.41 Å². The van der Waals surface area contributed by atoms with Gasteiger partial charge in [0.1, 0.15) is 0 Å². The van der Waals surface area contributed by atoms with Gasteiger partial charge in [-0.25, -0.2) is 20.4 Å². The number of rotatable bonds is 1. The molecule has 1 aromatic rings. The van der Waals surface area contributed by atoms with Gasteiger partial charge in [-0.05, 0) is 23.0 Å². The molecule has 0 saturated heterocycles. The lowest BCUT2D eigenvalue weighted by Gasteiger charge is -2.25. The molecule has 0 saturated carbocycles. The van der Waals surface area contributed by atoms with Crippen molar-refractivity contribution in [2.75, 3.05) is 0 Å². The first-order chi connectivity index (χ1) is 9.50. The molecule has 0 radical (unpaired) electrons. The second-order valence-corrected chi connectivity index (χ2v) is 4.79. The van der Waals surface area contributed by atoms with Crippen LogP contribution in [0.25, 0.3) is 5.57 Å². The molecule has 0 aromatic heterocycles. The molecule has 2 N–H and O–H groups in total. The fraction of sp³-hybridized carbons (Fsp3) is 0.250. The molecular weight excluding hydrogens is 252 g/mol. The van der Waals surface area contributed by atoms with Crippen molar-refractivity contribution in [3.8, 4) is 0 Å². The van der Waals surface area contributed by atoms with Gasteiger partial charge in [-0.3, -0.25) is 0 Å². The zero-order valence-corrected chi connectivity index (χ0v) is 11.6. The first-order valence-electron chi connectivity index (χ1n) is 6.02. The lowest BCUT2D eigenvalue weighted by atomic mass is 9.80. The molecule has 0 atom stereocenters. The van der Waals surface area contributed by atoms with Crippen LogP contribution in [0.4, 0.5) is 0 Å². The predicted molar refractivity (Wildman–Crippen MR) is 78.8 cm³/mol. The van der Waals surface area contributed by atoms with E-state index in [4.69, 9.17) is 20.4 Å². The summed E-state index contributed by atoms with van der Waals surface area (Å²) < 4.78 is 0. The molecule has 0 unspecified atom stereocenters. The Kier molecular flexibility index (Phi) is 8.20. The van der Waals surface area contributed by atoms with Crippen LogP contribution in [0.3, 0.4) is 0 Å². The largest absolute Gasteiger partial charge is 0.231 e. The van der Waals surface area contributed by atoms with E-state index in [1.165, 1.54) is 11.1 Å². The number of isocyanates is 2. The number of benzene rings is 1. The summed E-state index contributed by atoms with van der Waals surface area (Å²) in [6.45, 7) is 4.55. The van der Waals surface area contributed by atoms with Crippen molar-refractivity contribution in [2.45, 2.75) is 20.3 Å². The Labute approximate surface area is 118 Å². The topological polar surface area (TPSA) is 81.8 Å². The molecule has 0 bridgehead atoms. The fourth-order valence-electron chi connectivity index (χ4n) is 1.88. The Morgan fingerprint density at radius 2 is 1.55 bits per heavy atom. The normalized spacial score (nSPS) is 14.2. The van der Waals surface area contributed by atoms with E-state index in [-0.39, 0.29) is 0 Å². The minimum atomic E-state index is 0.305. The van der Waals surface area contributed by atoms with Crippen LogP contribution in [0.15, 0.2) is 48.6 Å². The van der Waals surface area contributed by atoms with Crippen LogP contribution >= 0.6 is 0 Å². The molecule has 1 aliphatic carbocycles. The Morgan fingerprint density at radius 1 is 1.05 bits per heavy atom. The van der Waals surface area contributed by atoms with E-state index in [2.05, 4.69) is 62.4 Å². The van der Waals surface area contributed by atoms with Gasteiger partial charge in [0, 0.05) is 0 Å². The monoisotopic (exact) mass is 270 g/mol. The standard InChI is InChI=1S/C14H16.2CHNO/c1-14(2)10-6-9-13(11-14)12-7-4-3-5-8-12;2*2-1-3/h3-10H,11H2,1-2H3;2*2H. The Hall–Kier alpha value is -2.54. The van der Waals surface area contributed by atoms with Crippen LogP contribution < -0.4 is 0 Å². The van der Waals surface area contributed by atoms with Gasteiger partial charge in [-0.15, -0.1) is 0 Å². The molecular formula is C16H18N2O2. The summed E-state index contributed by atoms with van der Waals surface area (Å²) in [5, 5.41) is 10.8. The van der Waals surface area contributed by atoms with Gasteiger partial charge in [0.2, 0.25) is 12.2 Å². The first kappa shape index (κ1) is 17.5. The van der Waals surface area contributed by atoms with E-state index in [0.717, 1.165) is 18.6 Å². The van der Waals surface area contributed by atoms with Gasteiger partial charge in [0.25, 0.3) is 0 Å². The third-order valence-corrected chi connectivity index (χ3v) is 2.64. The van der Waals surface area contributed by atoms with Gasteiger partial charge in [-0.1, -0.05) is 62.4 Å². The summed E-state index contributed by atoms with van der Waals surface area (Å²) in [6, 6.07) is 10.6. The first-order valence-corrected chi connectivity index (χ1v) is 6.02. The Bertz CT molecular complexity index is 519. The van der Waals surface area contributed by atoms with Crippen molar-refractivity contribution in [3.63, 3.8) is 0 Å². The van der Waals surface area contributed by atoms with Crippen molar-refractivity contribution >= 4 is 17.7 Å². The summed E-state index contributed by atoms with van der Waals surface area (Å²) in [5.41, 5.74) is 3.10. The fourth-order valence-corrected chi connectivity index (χ4v) is 1.88. The Balaban J connectivity index is 0.000000520. The summed E-state index contributed by atoms with van der Waals surface area (Å²) in [7, 11) is 0. The number of carbonyl (C=O) groups excluding carboxylic acids is 2. The smallest absolute Gasteiger partial charge is 0.222 e. The summed E-state index contributed by atoms with van der Waals surface area (Å²) in [4.78, 5) is 16.7. The number of allylic oxidation sites excluding steroid dienone is 4. The maximum atomic E-state index is 8.35. The van der Waals surface area contributed by atoms with E-state index in [1.807, 2.05) is 0 Å². The zero-order chi connectivity index (χ0) is 15.4. The lowest BCUT2D eigenvalue weighted by Crippen LogP contribution is -2.10. The highest BCUT2D eigenvalue weighted by Gasteiger charge is 2.19. The second-order valence-electron chi connectivity index (χ2n) is 4.79. The van der Waals surface area contributed by atoms with Gasteiger partial charge in [-0.2, -0.15) is 0 Å². The highest BCUT2D eigenvalue weighted by atomic mass is 16.1. The van der Waals surface area contributed by atoms with Crippen molar-refractivity contribution in [1.82, 2.24) is 0 Å². The average Bonchev–Trinajstić information content (AvgIpc) is 2.40. The molecule has 4 heteroatoms. The molecule has 4 nitrogen and oxygen atoms in total. The summed E-state index contributed by atoms with van der Waals surface area (Å²) in [5.74, 6) is 0. The molecule has 104 valence electrons. The predicted octanol–water partition coefficient (Wildman–Crippen LogP) is 3.86. The molecule has 0 fully saturated rings. The van der Waals surface area contributed by atoms with Crippen LogP contribution in [-0.2, 0) is 9.59 Å². The molecule has 0 aliphatic heterocycles. The van der Waals surface area contributed by atoms with Crippen LogP contribution in [0.2, 0.25) is 0 Å². The molecule has 2 rings (SSSR count). The van der Waals surface area contributed by atoms with Crippen LogP contribution in [0.5, 0.6) is 0 Å². The van der Waals surface area contributed by atoms with Crippen LogP contribution in [0.1, 0.15) is 25.8 Å². The van der Waals surface area contributed by atoms with Crippen molar-refractivity contribution in [3.05, 3.63) is 54.1 Å². The molecule has 1 aliphatic rings. The van der Waals surface area contributed by atoms with Crippen LogP contribution in [-0.4, -0.2) is 12.2 Å². The molecule has 20 heavy (non-hydrogen) atoms. The third-order valence-electron chi connectivity index (χ3n) is 2.64. The highest BCUT2D eigenvalue weighted by molar-refractivity contribution is 5.69. The summed E-state index contributed by atoms with van der Waals surface area (Å²) in [6.07, 6.45) is 9.30.